The van der Waals surface area contributed by atoms with Gasteiger partial charge in [0.15, 0.2) is 11.5 Å². The molecule has 0 aromatic heterocycles. The fourth-order valence-electron chi connectivity index (χ4n) is 1.90. The van der Waals surface area contributed by atoms with Crippen LogP contribution in [0.5, 0.6) is 11.5 Å². The monoisotopic (exact) mass is 271 g/mol. The third-order valence-corrected chi connectivity index (χ3v) is 3.61. The lowest BCUT2D eigenvalue weighted by Crippen LogP contribution is -2.02. The number of ether oxygens (including phenoxy) is 1. The summed E-state index contributed by atoms with van der Waals surface area (Å²) in [6.07, 6.45) is 1.11. The molecule has 1 saturated carbocycles. The van der Waals surface area contributed by atoms with Gasteiger partial charge in [-0.25, -0.2) is 0 Å². The Labute approximate surface area is 97.4 Å². The molecule has 2 rings (SSSR count). The van der Waals surface area contributed by atoms with Gasteiger partial charge in [-0.2, -0.15) is 0 Å². The molecule has 0 heterocycles. The lowest BCUT2D eigenvalue weighted by atomic mass is 10.1. The molecule has 0 radical (unpaired) electrons. The summed E-state index contributed by atoms with van der Waals surface area (Å²) in [5.41, 5.74) is 6.73. The highest BCUT2D eigenvalue weighted by atomic mass is 79.9. The molecule has 0 aliphatic heterocycles. The Morgan fingerprint density at radius 3 is 2.87 bits per heavy atom. The van der Waals surface area contributed by atoms with Gasteiger partial charge in [0.05, 0.1) is 7.11 Å². The fourth-order valence-corrected chi connectivity index (χ4v) is 2.51. The summed E-state index contributed by atoms with van der Waals surface area (Å²) < 4.78 is 6.01. The van der Waals surface area contributed by atoms with E-state index in [0.717, 1.165) is 16.5 Å². The first-order valence-corrected chi connectivity index (χ1v) is 5.73. The van der Waals surface area contributed by atoms with Crippen LogP contribution in [0.2, 0.25) is 0 Å². The lowest BCUT2D eigenvalue weighted by molar-refractivity contribution is 0.372. The second-order valence-corrected chi connectivity index (χ2v) is 4.74. The molecule has 1 aromatic carbocycles. The highest BCUT2D eigenvalue weighted by Gasteiger charge is 2.38. The minimum absolute atomic E-state index is 0.193. The van der Waals surface area contributed by atoms with Gasteiger partial charge in [0.1, 0.15) is 0 Å². The van der Waals surface area contributed by atoms with Gasteiger partial charge >= 0.3 is 0 Å². The Morgan fingerprint density at radius 2 is 2.33 bits per heavy atom. The van der Waals surface area contributed by atoms with Gasteiger partial charge in [-0.1, -0.05) is 15.9 Å². The Kier molecular flexibility index (Phi) is 2.89. The van der Waals surface area contributed by atoms with Crippen LogP contribution in [-0.4, -0.2) is 18.8 Å². The molecule has 3 N–H and O–H groups in total. The van der Waals surface area contributed by atoms with Gasteiger partial charge in [-0.15, -0.1) is 0 Å². The molecule has 3 nitrogen and oxygen atoms in total. The van der Waals surface area contributed by atoms with Crippen molar-refractivity contribution in [3.63, 3.8) is 0 Å². The van der Waals surface area contributed by atoms with Crippen LogP contribution in [0.4, 0.5) is 0 Å². The Bertz CT molecular complexity index is 381. The zero-order chi connectivity index (χ0) is 11.0. The molecule has 0 spiro atoms. The van der Waals surface area contributed by atoms with E-state index >= 15 is 0 Å². The Hall–Kier alpha value is -0.740. The summed E-state index contributed by atoms with van der Waals surface area (Å²) in [5.74, 6) is 1.74. The van der Waals surface area contributed by atoms with E-state index in [9.17, 15) is 5.11 Å². The first kappa shape index (κ1) is 10.8. The number of hydrogen-bond donors (Lipinski definition) is 2. The number of hydrogen-bond acceptors (Lipinski definition) is 3. The zero-order valence-electron chi connectivity index (χ0n) is 8.53. The molecule has 0 bridgehead atoms. The van der Waals surface area contributed by atoms with E-state index in [4.69, 9.17) is 10.5 Å². The van der Waals surface area contributed by atoms with Crippen molar-refractivity contribution in [1.82, 2.24) is 0 Å². The standard InChI is InChI=1S/C11H14BrNO2/c1-15-11-4-9(12)8(3-10(11)14)7-2-6(7)5-13/h3-4,6-7,14H,2,5,13H2,1H3/t6-,7+/m0/s1. The number of phenols is 1. The molecule has 1 aliphatic carbocycles. The first-order chi connectivity index (χ1) is 7.17. The summed E-state index contributed by atoms with van der Waals surface area (Å²) in [6.45, 7) is 0.712. The van der Waals surface area contributed by atoms with E-state index in [1.165, 1.54) is 0 Å². The van der Waals surface area contributed by atoms with Crippen molar-refractivity contribution in [1.29, 1.82) is 0 Å². The van der Waals surface area contributed by atoms with Gasteiger partial charge in [-0.3, -0.25) is 0 Å². The average molecular weight is 272 g/mol. The average Bonchev–Trinajstić information content (AvgIpc) is 3.00. The van der Waals surface area contributed by atoms with Gasteiger partial charge in [-0.05, 0) is 42.5 Å². The number of benzene rings is 1. The van der Waals surface area contributed by atoms with E-state index < -0.39 is 0 Å². The predicted molar refractivity (Wildman–Crippen MR) is 62.3 cm³/mol. The Balaban J connectivity index is 2.30. The van der Waals surface area contributed by atoms with Crippen LogP contribution >= 0.6 is 15.9 Å². The van der Waals surface area contributed by atoms with Gasteiger partial charge < -0.3 is 15.6 Å². The van der Waals surface area contributed by atoms with Crippen LogP contribution in [-0.2, 0) is 0 Å². The lowest BCUT2D eigenvalue weighted by Gasteiger charge is -2.08. The van der Waals surface area contributed by atoms with Crippen molar-refractivity contribution < 1.29 is 9.84 Å². The van der Waals surface area contributed by atoms with Crippen LogP contribution in [0, 0.1) is 5.92 Å². The molecular formula is C11H14BrNO2. The van der Waals surface area contributed by atoms with Crippen LogP contribution in [0.15, 0.2) is 16.6 Å². The fraction of sp³-hybridized carbons (Fsp3) is 0.455. The highest BCUT2D eigenvalue weighted by molar-refractivity contribution is 9.10. The number of phenolic OH excluding ortho intramolecular Hbond substituents is 1. The minimum atomic E-state index is 0.193. The second kappa shape index (κ2) is 4.02. The van der Waals surface area contributed by atoms with Crippen molar-refractivity contribution in [2.75, 3.05) is 13.7 Å². The minimum Gasteiger partial charge on any atom is -0.504 e. The summed E-state index contributed by atoms with van der Waals surface area (Å²) in [7, 11) is 1.54. The highest BCUT2D eigenvalue weighted by Crippen LogP contribution is 2.50. The van der Waals surface area contributed by atoms with Crippen LogP contribution in [0.3, 0.4) is 0 Å². The maximum atomic E-state index is 9.67. The van der Waals surface area contributed by atoms with E-state index in [1.807, 2.05) is 0 Å². The van der Waals surface area contributed by atoms with E-state index in [0.29, 0.717) is 24.1 Å². The van der Waals surface area contributed by atoms with Gasteiger partial charge in [0.2, 0.25) is 0 Å². The normalized spacial score (nSPS) is 23.9. The first-order valence-electron chi connectivity index (χ1n) is 4.93. The number of halogens is 1. The van der Waals surface area contributed by atoms with Crippen LogP contribution in [0.1, 0.15) is 17.9 Å². The van der Waals surface area contributed by atoms with Crippen molar-refractivity contribution >= 4 is 15.9 Å². The molecule has 0 saturated heterocycles. The van der Waals surface area contributed by atoms with Crippen molar-refractivity contribution in [2.24, 2.45) is 11.7 Å². The molecule has 0 amide bonds. The van der Waals surface area contributed by atoms with Gasteiger partial charge in [0, 0.05) is 4.47 Å². The number of rotatable bonds is 3. The number of nitrogens with two attached hydrogens (primary N) is 1. The third-order valence-electron chi connectivity index (χ3n) is 2.92. The molecule has 1 aromatic rings. The van der Waals surface area contributed by atoms with Crippen LogP contribution < -0.4 is 10.5 Å². The third kappa shape index (κ3) is 1.96. The summed E-state index contributed by atoms with van der Waals surface area (Å²) in [6, 6.07) is 3.57. The molecular weight excluding hydrogens is 258 g/mol. The Morgan fingerprint density at radius 1 is 1.60 bits per heavy atom. The van der Waals surface area contributed by atoms with Crippen molar-refractivity contribution in [3.8, 4) is 11.5 Å². The summed E-state index contributed by atoms with van der Waals surface area (Å²) in [4.78, 5) is 0. The smallest absolute Gasteiger partial charge is 0.161 e. The molecule has 82 valence electrons. The number of aromatic hydroxyl groups is 1. The number of methoxy groups -OCH3 is 1. The largest absolute Gasteiger partial charge is 0.504 e. The quantitative estimate of drug-likeness (QED) is 0.887. The SMILES string of the molecule is COc1cc(Br)c([C@@H]2C[C@H]2CN)cc1O. The van der Waals surface area contributed by atoms with Gasteiger partial charge in [0.25, 0.3) is 0 Å². The van der Waals surface area contributed by atoms with E-state index in [-0.39, 0.29) is 5.75 Å². The van der Waals surface area contributed by atoms with Crippen molar-refractivity contribution in [3.05, 3.63) is 22.2 Å². The topological polar surface area (TPSA) is 55.5 Å². The molecule has 1 aliphatic rings. The summed E-state index contributed by atoms with van der Waals surface area (Å²) >= 11 is 3.49. The maximum absolute atomic E-state index is 9.67. The molecule has 2 atom stereocenters. The predicted octanol–water partition coefficient (Wildman–Crippen LogP) is 2.23. The summed E-state index contributed by atoms with van der Waals surface area (Å²) in [5, 5.41) is 9.67. The van der Waals surface area contributed by atoms with E-state index in [1.54, 1.807) is 19.2 Å². The zero-order valence-corrected chi connectivity index (χ0v) is 10.1. The maximum Gasteiger partial charge on any atom is 0.161 e. The van der Waals surface area contributed by atoms with E-state index in [2.05, 4.69) is 15.9 Å². The molecule has 1 fully saturated rings. The second-order valence-electron chi connectivity index (χ2n) is 3.88. The van der Waals surface area contributed by atoms with Crippen molar-refractivity contribution in [2.45, 2.75) is 12.3 Å². The van der Waals surface area contributed by atoms with Crippen LogP contribution in [0.25, 0.3) is 0 Å². The molecule has 15 heavy (non-hydrogen) atoms. The molecule has 4 heteroatoms. The molecule has 0 unspecified atom stereocenters.